The number of nitrogens with zero attached hydrogens (tertiary/aromatic N) is 2. The highest BCUT2D eigenvalue weighted by Gasteiger charge is 2.18. The van der Waals surface area contributed by atoms with Crippen molar-refractivity contribution in [1.82, 2.24) is 10.1 Å². The number of aromatic nitrogens is 2. The average molecular weight is 531 g/mol. The van der Waals surface area contributed by atoms with E-state index in [9.17, 15) is 9.90 Å². The Balaban J connectivity index is 1.44. The van der Waals surface area contributed by atoms with E-state index in [1.165, 1.54) is 0 Å². The molecule has 0 unspecified atom stereocenters. The summed E-state index contributed by atoms with van der Waals surface area (Å²) >= 11 is 6.48. The van der Waals surface area contributed by atoms with E-state index in [0.29, 0.717) is 25.9 Å². The fourth-order valence-electron chi connectivity index (χ4n) is 2.54. The van der Waals surface area contributed by atoms with Crippen LogP contribution in [-0.2, 0) is 0 Å². The van der Waals surface area contributed by atoms with Crippen LogP contribution in [0.5, 0.6) is 17.2 Å². The molecule has 30 heavy (non-hydrogen) atoms. The molecule has 0 spiro atoms. The Morgan fingerprint density at radius 1 is 0.967 bits per heavy atom. The highest BCUT2D eigenvalue weighted by molar-refractivity contribution is 9.11. The van der Waals surface area contributed by atoms with Gasteiger partial charge < -0.3 is 19.7 Å². The van der Waals surface area contributed by atoms with Crippen LogP contribution >= 0.6 is 31.9 Å². The van der Waals surface area contributed by atoms with Crippen LogP contribution in [0.25, 0.3) is 11.5 Å². The van der Waals surface area contributed by atoms with Crippen molar-refractivity contribution in [3.05, 3.63) is 81.5 Å². The zero-order valence-corrected chi connectivity index (χ0v) is 18.3. The predicted molar refractivity (Wildman–Crippen MR) is 118 cm³/mol. The first kappa shape index (κ1) is 20.1. The molecule has 0 aliphatic rings. The molecule has 9 heteroatoms. The van der Waals surface area contributed by atoms with Crippen LogP contribution in [-0.4, -0.2) is 21.2 Å². The number of phenols is 1. The largest absolute Gasteiger partial charge is 0.506 e. The second kappa shape index (κ2) is 8.68. The third kappa shape index (κ3) is 4.52. The molecular formula is C21H13Br2N3O4. The Labute approximate surface area is 188 Å². The Kier molecular flexibility index (Phi) is 5.82. The van der Waals surface area contributed by atoms with Gasteiger partial charge in [-0.1, -0.05) is 23.4 Å². The number of para-hydroxylation sites is 1. The van der Waals surface area contributed by atoms with E-state index in [1.54, 1.807) is 36.4 Å². The molecule has 0 bridgehead atoms. The average Bonchev–Trinajstić information content (AvgIpc) is 3.24. The van der Waals surface area contributed by atoms with Crippen LogP contribution in [0, 0.1) is 0 Å². The van der Waals surface area contributed by atoms with Gasteiger partial charge in [0.25, 0.3) is 17.6 Å². The molecule has 3 aromatic carbocycles. The van der Waals surface area contributed by atoms with Gasteiger partial charge in [-0.2, -0.15) is 4.98 Å². The number of benzene rings is 3. The zero-order valence-electron chi connectivity index (χ0n) is 15.2. The van der Waals surface area contributed by atoms with Crippen molar-refractivity contribution in [3.63, 3.8) is 0 Å². The minimum absolute atomic E-state index is 0.0518. The molecule has 0 saturated carbocycles. The number of hydrogen-bond acceptors (Lipinski definition) is 6. The smallest absolute Gasteiger partial charge is 0.297 e. The molecule has 150 valence electrons. The van der Waals surface area contributed by atoms with Crippen LogP contribution in [0.3, 0.4) is 0 Å². The standard InChI is InChI=1S/C21H13Br2N3O4/c22-16-10-12(11-17(23)18(16)27)21-25-19(26-30-21)20(28)24-13-6-8-15(9-7-13)29-14-4-2-1-3-5-14/h1-11,27H,(H,24,28). The molecule has 0 saturated heterocycles. The number of amides is 1. The molecule has 0 aliphatic carbocycles. The number of rotatable bonds is 5. The number of phenolic OH excluding ortho intramolecular Hbond substituents is 1. The van der Waals surface area contributed by atoms with E-state index in [1.807, 2.05) is 30.3 Å². The molecule has 1 amide bonds. The van der Waals surface area contributed by atoms with Gasteiger partial charge in [0.05, 0.1) is 8.95 Å². The van der Waals surface area contributed by atoms with Gasteiger partial charge in [-0.05, 0) is 80.4 Å². The number of carbonyl (C=O) groups is 1. The summed E-state index contributed by atoms with van der Waals surface area (Å²) in [7, 11) is 0. The lowest BCUT2D eigenvalue weighted by Crippen LogP contribution is -2.13. The summed E-state index contributed by atoms with van der Waals surface area (Å²) in [6, 6.07) is 19.5. The highest BCUT2D eigenvalue weighted by atomic mass is 79.9. The second-order valence-electron chi connectivity index (χ2n) is 6.11. The van der Waals surface area contributed by atoms with Crippen molar-refractivity contribution in [2.45, 2.75) is 0 Å². The van der Waals surface area contributed by atoms with E-state index >= 15 is 0 Å². The quantitative estimate of drug-likeness (QED) is 0.328. The van der Waals surface area contributed by atoms with E-state index in [-0.39, 0.29) is 17.5 Å². The fraction of sp³-hybridized carbons (Fsp3) is 0. The van der Waals surface area contributed by atoms with E-state index < -0.39 is 5.91 Å². The SMILES string of the molecule is O=C(Nc1ccc(Oc2ccccc2)cc1)c1noc(-c2cc(Br)c(O)c(Br)c2)n1. The maximum absolute atomic E-state index is 12.4. The van der Waals surface area contributed by atoms with Gasteiger partial charge in [-0.3, -0.25) is 4.79 Å². The Morgan fingerprint density at radius 2 is 1.60 bits per heavy atom. The Bertz CT molecular complexity index is 1170. The molecule has 7 nitrogen and oxygen atoms in total. The maximum Gasteiger partial charge on any atom is 0.297 e. The summed E-state index contributed by atoms with van der Waals surface area (Å²) in [5.41, 5.74) is 1.10. The van der Waals surface area contributed by atoms with Gasteiger partial charge >= 0.3 is 0 Å². The zero-order chi connectivity index (χ0) is 21.1. The molecule has 2 N–H and O–H groups in total. The summed E-state index contributed by atoms with van der Waals surface area (Å²) in [6.45, 7) is 0. The van der Waals surface area contributed by atoms with Gasteiger partial charge in [0.2, 0.25) is 0 Å². The molecule has 4 rings (SSSR count). The second-order valence-corrected chi connectivity index (χ2v) is 7.81. The van der Waals surface area contributed by atoms with E-state index in [0.717, 1.165) is 5.75 Å². The van der Waals surface area contributed by atoms with Crippen molar-refractivity contribution in [1.29, 1.82) is 0 Å². The summed E-state index contributed by atoms with van der Waals surface area (Å²) < 4.78 is 11.8. The summed E-state index contributed by atoms with van der Waals surface area (Å²) in [5, 5.41) is 16.2. The van der Waals surface area contributed by atoms with Crippen molar-refractivity contribution < 1.29 is 19.2 Å². The van der Waals surface area contributed by atoms with E-state index in [2.05, 4.69) is 47.3 Å². The number of anilines is 1. The summed E-state index contributed by atoms with van der Waals surface area (Å²) in [5.74, 6) is 0.934. The number of hydrogen-bond donors (Lipinski definition) is 2. The number of carbonyl (C=O) groups excluding carboxylic acids is 1. The number of halogens is 2. The summed E-state index contributed by atoms with van der Waals surface area (Å²) in [6.07, 6.45) is 0. The molecule has 0 fully saturated rings. The van der Waals surface area contributed by atoms with Crippen LogP contribution in [0.4, 0.5) is 5.69 Å². The van der Waals surface area contributed by atoms with Crippen LogP contribution in [0.1, 0.15) is 10.6 Å². The number of ether oxygens (including phenoxy) is 1. The first-order valence-electron chi connectivity index (χ1n) is 8.66. The van der Waals surface area contributed by atoms with Gasteiger partial charge in [-0.25, -0.2) is 0 Å². The molecule has 0 atom stereocenters. The van der Waals surface area contributed by atoms with Crippen molar-refractivity contribution in [2.24, 2.45) is 0 Å². The van der Waals surface area contributed by atoms with Crippen molar-refractivity contribution in [2.75, 3.05) is 5.32 Å². The van der Waals surface area contributed by atoms with Gasteiger partial charge in [-0.15, -0.1) is 0 Å². The number of aromatic hydroxyl groups is 1. The lowest BCUT2D eigenvalue weighted by atomic mass is 10.2. The molecule has 0 aliphatic heterocycles. The minimum Gasteiger partial charge on any atom is -0.506 e. The van der Waals surface area contributed by atoms with Gasteiger partial charge in [0.1, 0.15) is 17.2 Å². The van der Waals surface area contributed by atoms with Crippen LogP contribution in [0.15, 0.2) is 80.2 Å². The van der Waals surface area contributed by atoms with E-state index in [4.69, 9.17) is 9.26 Å². The molecule has 1 heterocycles. The Morgan fingerprint density at radius 3 is 2.27 bits per heavy atom. The molecule has 0 radical (unpaired) electrons. The topological polar surface area (TPSA) is 97.5 Å². The highest BCUT2D eigenvalue weighted by Crippen LogP contribution is 2.36. The summed E-state index contributed by atoms with van der Waals surface area (Å²) in [4.78, 5) is 16.6. The normalized spacial score (nSPS) is 10.6. The predicted octanol–water partition coefficient (Wildman–Crippen LogP) is 6.01. The minimum atomic E-state index is -0.515. The molecule has 1 aromatic heterocycles. The lowest BCUT2D eigenvalue weighted by Gasteiger charge is -2.07. The fourth-order valence-corrected chi connectivity index (χ4v) is 3.73. The van der Waals surface area contributed by atoms with Gasteiger partial charge in [0.15, 0.2) is 0 Å². The van der Waals surface area contributed by atoms with Crippen molar-refractivity contribution in [3.8, 4) is 28.7 Å². The van der Waals surface area contributed by atoms with Crippen LogP contribution < -0.4 is 10.1 Å². The lowest BCUT2D eigenvalue weighted by molar-refractivity contribution is 0.101. The maximum atomic E-state index is 12.4. The Hall–Kier alpha value is -3.17. The first-order valence-corrected chi connectivity index (χ1v) is 10.2. The molecule has 4 aromatic rings. The van der Waals surface area contributed by atoms with Crippen molar-refractivity contribution >= 4 is 43.5 Å². The third-order valence-corrected chi connectivity index (χ3v) is 5.19. The van der Waals surface area contributed by atoms with Crippen LogP contribution in [0.2, 0.25) is 0 Å². The molecular weight excluding hydrogens is 518 g/mol. The third-order valence-electron chi connectivity index (χ3n) is 3.98. The first-order chi connectivity index (χ1) is 14.5. The van der Waals surface area contributed by atoms with Gasteiger partial charge in [0, 0.05) is 11.3 Å². The monoisotopic (exact) mass is 529 g/mol. The number of nitrogens with one attached hydrogen (secondary N) is 1.